The van der Waals surface area contributed by atoms with Crippen LogP contribution in [0.3, 0.4) is 0 Å². The van der Waals surface area contributed by atoms with Crippen LogP contribution in [-0.2, 0) is 17.6 Å². The number of nitrogens with zero attached hydrogens (tertiary/aromatic N) is 3. The number of carbonyl (C=O) groups is 1. The highest BCUT2D eigenvalue weighted by atomic mass is 32.1. The van der Waals surface area contributed by atoms with Gasteiger partial charge in [-0.3, -0.25) is 4.79 Å². The van der Waals surface area contributed by atoms with E-state index in [1.807, 2.05) is 23.2 Å². The number of aryl methyl sites for hydroxylation is 2. The molecule has 0 spiro atoms. The van der Waals surface area contributed by atoms with E-state index < -0.39 is 0 Å². The van der Waals surface area contributed by atoms with Crippen LogP contribution in [0.15, 0.2) is 6.33 Å². The number of anilines is 1. The number of amides is 1. The van der Waals surface area contributed by atoms with Gasteiger partial charge in [-0.1, -0.05) is 6.92 Å². The van der Waals surface area contributed by atoms with Crippen molar-refractivity contribution in [2.24, 2.45) is 0 Å². The van der Waals surface area contributed by atoms with Crippen LogP contribution in [-0.4, -0.2) is 39.9 Å². The summed E-state index contributed by atoms with van der Waals surface area (Å²) in [4.78, 5) is 25.3. The van der Waals surface area contributed by atoms with Gasteiger partial charge in [0.05, 0.1) is 5.39 Å². The van der Waals surface area contributed by atoms with Crippen LogP contribution >= 0.6 is 11.3 Å². The first-order chi connectivity index (χ1) is 10.8. The average Bonchev–Trinajstić information content (AvgIpc) is 3.21. The smallest absolute Gasteiger partial charge is 0.222 e. The number of hydrogen-bond donors (Lipinski definition) is 1. The summed E-state index contributed by atoms with van der Waals surface area (Å²) in [6.07, 6.45) is 6.79. The van der Waals surface area contributed by atoms with E-state index >= 15 is 0 Å². The number of aromatic nitrogens is 2. The van der Waals surface area contributed by atoms with Crippen molar-refractivity contribution in [3.05, 3.63) is 16.8 Å². The third-order valence-electron chi connectivity index (χ3n) is 4.69. The Morgan fingerprint density at radius 1 is 1.45 bits per heavy atom. The second-order valence-corrected chi connectivity index (χ2v) is 7.17. The molecule has 1 fully saturated rings. The number of rotatable bonds is 3. The van der Waals surface area contributed by atoms with Gasteiger partial charge in [-0.25, -0.2) is 9.97 Å². The van der Waals surface area contributed by atoms with Crippen molar-refractivity contribution in [1.82, 2.24) is 14.9 Å². The maximum absolute atomic E-state index is 11.8. The molecule has 1 unspecified atom stereocenters. The Bertz CT molecular complexity index is 726. The largest absolute Gasteiger partial charge is 0.365 e. The van der Waals surface area contributed by atoms with E-state index in [1.54, 1.807) is 6.33 Å². The lowest BCUT2D eigenvalue weighted by Gasteiger charge is -2.17. The molecule has 4 rings (SSSR count). The number of likely N-dealkylation sites (tertiary alicyclic amines) is 1. The van der Waals surface area contributed by atoms with E-state index in [9.17, 15) is 4.79 Å². The summed E-state index contributed by atoms with van der Waals surface area (Å²) in [7, 11) is 0. The SMILES string of the molecule is CCC(=O)N1CCC(Nc2ncnc3sc4c(c23)CCC4)C1. The fourth-order valence-corrected chi connectivity index (χ4v) is 4.79. The third-order valence-corrected chi connectivity index (χ3v) is 5.89. The lowest BCUT2D eigenvalue weighted by molar-refractivity contribution is -0.129. The summed E-state index contributed by atoms with van der Waals surface area (Å²) in [5.41, 5.74) is 1.45. The molecule has 2 aromatic rings. The van der Waals surface area contributed by atoms with Crippen molar-refractivity contribution < 1.29 is 4.79 Å². The monoisotopic (exact) mass is 316 g/mol. The predicted molar refractivity (Wildman–Crippen MR) is 88.3 cm³/mol. The maximum Gasteiger partial charge on any atom is 0.222 e. The van der Waals surface area contributed by atoms with E-state index in [-0.39, 0.29) is 5.91 Å². The standard InChI is InChI=1S/C16H20N4OS/c1-2-13(21)20-7-6-10(8-20)19-15-14-11-4-3-5-12(11)22-16(14)18-9-17-15/h9-10H,2-8H2,1H3,(H,17,18,19). The van der Waals surface area contributed by atoms with Crippen LogP contribution in [0.1, 0.15) is 36.6 Å². The molecule has 1 amide bonds. The lowest BCUT2D eigenvalue weighted by Crippen LogP contribution is -2.31. The number of thiophene rings is 1. The molecular weight excluding hydrogens is 296 g/mol. The quantitative estimate of drug-likeness (QED) is 0.945. The lowest BCUT2D eigenvalue weighted by atomic mass is 10.1. The Kier molecular flexibility index (Phi) is 3.48. The molecule has 1 aliphatic carbocycles. The topological polar surface area (TPSA) is 58.1 Å². The molecule has 0 saturated carbocycles. The molecular formula is C16H20N4OS. The minimum absolute atomic E-state index is 0.244. The fraction of sp³-hybridized carbons (Fsp3) is 0.562. The van der Waals surface area contributed by atoms with Gasteiger partial charge >= 0.3 is 0 Å². The first-order valence-electron chi connectivity index (χ1n) is 8.05. The summed E-state index contributed by atoms with van der Waals surface area (Å²) < 4.78 is 0. The molecule has 1 aliphatic heterocycles. The van der Waals surface area contributed by atoms with Crippen molar-refractivity contribution in [3.8, 4) is 0 Å². The maximum atomic E-state index is 11.8. The first-order valence-corrected chi connectivity index (χ1v) is 8.87. The van der Waals surface area contributed by atoms with Crippen LogP contribution in [0.2, 0.25) is 0 Å². The van der Waals surface area contributed by atoms with E-state index in [0.29, 0.717) is 12.5 Å². The Balaban J connectivity index is 1.59. The van der Waals surface area contributed by atoms with Crippen molar-refractivity contribution in [2.45, 2.75) is 45.1 Å². The highest BCUT2D eigenvalue weighted by Gasteiger charge is 2.27. The molecule has 5 nitrogen and oxygen atoms in total. The zero-order chi connectivity index (χ0) is 15.1. The van der Waals surface area contributed by atoms with Crippen molar-refractivity contribution in [2.75, 3.05) is 18.4 Å². The average molecular weight is 316 g/mol. The van der Waals surface area contributed by atoms with Gasteiger partial charge in [0.2, 0.25) is 5.91 Å². The van der Waals surface area contributed by atoms with Crippen LogP contribution in [0.25, 0.3) is 10.2 Å². The zero-order valence-corrected chi connectivity index (χ0v) is 13.6. The summed E-state index contributed by atoms with van der Waals surface area (Å²) in [5.74, 6) is 1.20. The zero-order valence-electron chi connectivity index (χ0n) is 12.8. The minimum atomic E-state index is 0.244. The van der Waals surface area contributed by atoms with Crippen molar-refractivity contribution >= 4 is 33.3 Å². The highest BCUT2D eigenvalue weighted by molar-refractivity contribution is 7.19. The third kappa shape index (κ3) is 2.26. The summed E-state index contributed by atoms with van der Waals surface area (Å²) in [5, 5.41) is 4.79. The van der Waals surface area contributed by atoms with Crippen LogP contribution < -0.4 is 5.32 Å². The van der Waals surface area contributed by atoms with Gasteiger partial charge in [-0.05, 0) is 31.2 Å². The Labute approximate surface area is 133 Å². The van der Waals surface area contributed by atoms with Gasteiger partial charge in [0.15, 0.2) is 0 Å². The molecule has 22 heavy (non-hydrogen) atoms. The van der Waals surface area contributed by atoms with Crippen LogP contribution in [0.4, 0.5) is 5.82 Å². The van der Waals surface area contributed by atoms with Crippen LogP contribution in [0.5, 0.6) is 0 Å². The molecule has 2 aliphatic rings. The molecule has 116 valence electrons. The van der Waals surface area contributed by atoms with Crippen LogP contribution in [0, 0.1) is 0 Å². The summed E-state index contributed by atoms with van der Waals surface area (Å²) >= 11 is 1.81. The Hall–Kier alpha value is -1.69. The van der Waals surface area contributed by atoms with Gasteiger partial charge in [-0.15, -0.1) is 11.3 Å². The summed E-state index contributed by atoms with van der Waals surface area (Å²) in [6.45, 7) is 3.55. The van der Waals surface area contributed by atoms with E-state index in [0.717, 1.165) is 36.6 Å². The van der Waals surface area contributed by atoms with Gasteiger partial charge in [0.1, 0.15) is 17.0 Å². The van der Waals surface area contributed by atoms with Gasteiger partial charge in [0.25, 0.3) is 0 Å². The molecule has 0 aromatic carbocycles. The van der Waals surface area contributed by atoms with Gasteiger partial charge in [-0.2, -0.15) is 0 Å². The number of carbonyl (C=O) groups excluding carboxylic acids is 1. The Morgan fingerprint density at radius 3 is 3.23 bits per heavy atom. The normalized spacial score (nSPS) is 20.6. The number of fused-ring (bicyclic) bond motifs is 3. The van der Waals surface area contributed by atoms with E-state index in [2.05, 4.69) is 15.3 Å². The highest BCUT2D eigenvalue weighted by Crippen LogP contribution is 2.39. The molecule has 6 heteroatoms. The van der Waals surface area contributed by atoms with E-state index in [4.69, 9.17) is 0 Å². The molecule has 1 N–H and O–H groups in total. The molecule has 3 heterocycles. The Morgan fingerprint density at radius 2 is 2.36 bits per heavy atom. The van der Waals surface area contributed by atoms with E-state index in [1.165, 1.54) is 28.7 Å². The predicted octanol–water partition coefficient (Wildman–Crippen LogP) is 2.60. The van der Waals surface area contributed by atoms with Gasteiger partial charge < -0.3 is 10.2 Å². The molecule has 1 saturated heterocycles. The molecule has 2 aromatic heterocycles. The van der Waals surface area contributed by atoms with Crippen molar-refractivity contribution in [3.63, 3.8) is 0 Å². The van der Waals surface area contributed by atoms with Crippen molar-refractivity contribution in [1.29, 1.82) is 0 Å². The second-order valence-electron chi connectivity index (χ2n) is 6.08. The minimum Gasteiger partial charge on any atom is -0.365 e. The second kappa shape index (κ2) is 5.50. The molecule has 1 atom stereocenters. The number of hydrogen-bond acceptors (Lipinski definition) is 5. The fourth-order valence-electron chi connectivity index (χ4n) is 3.56. The first kappa shape index (κ1) is 13.9. The molecule has 0 bridgehead atoms. The summed E-state index contributed by atoms with van der Waals surface area (Å²) in [6, 6.07) is 0.297. The molecule has 0 radical (unpaired) electrons. The number of nitrogens with one attached hydrogen (secondary N) is 1. The van der Waals surface area contributed by atoms with Gasteiger partial charge in [0, 0.05) is 30.4 Å².